The Morgan fingerprint density at radius 3 is 2.54 bits per heavy atom. The van der Waals surface area contributed by atoms with Gasteiger partial charge in [-0.05, 0) is 56.7 Å². The molecule has 1 saturated heterocycles. The maximum Gasteiger partial charge on any atom is 0.407 e. The summed E-state index contributed by atoms with van der Waals surface area (Å²) in [6, 6.07) is 16.6. The highest BCUT2D eigenvalue weighted by Crippen LogP contribution is 2.33. The molecule has 10 heteroatoms. The standard InChI is InChI=1S/C27H30N4O6/c1-3-31(27(15-24(32)29-36)12-13-30(17-27)26(34)35)25(33)19-8-10-21(11-9-19)37-16-20-14-18(2)28-23-7-5-4-6-22(20)23/h4-11,14,36H,3,12-13,15-17H2,1-2H3,(H,29,32)(H,34,35). The minimum absolute atomic E-state index is 0.0180. The Labute approximate surface area is 214 Å². The Bertz CT molecular complexity index is 1310. The third-order valence-electron chi connectivity index (χ3n) is 6.78. The van der Waals surface area contributed by atoms with Crippen LogP contribution in [0.2, 0.25) is 0 Å². The molecule has 1 unspecified atom stereocenters. The Morgan fingerprint density at radius 2 is 1.89 bits per heavy atom. The van der Waals surface area contributed by atoms with E-state index in [0.717, 1.165) is 22.2 Å². The zero-order valence-corrected chi connectivity index (χ0v) is 20.8. The number of hydrogen-bond acceptors (Lipinski definition) is 6. The molecule has 2 aromatic carbocycles. The number of para-hydroxylation sites is 1. The van der Waals surface area contributed by atoms with Gasteiger partial charge in [0.2, 0.25) is 5.91 Å². The summed E-state index contributed by atoms with van der Waals surface area (Å²) in [5.74, 6) is -0.422. The second kappa shape index (κ2) is 10.8. The molecule has 2 heterocycles. The minimum Gasteiger partial charge on any atom is -0.489 e. The molecule has 37 heavy (non-hydrogen) atoms. The first-order valence-corrected chi connectivity index (χ1v) is 12.1. The van der Waals surface area contributed by atoms with Gasteiger partial charge in [0.05, 0.1) is 17.5 Å². The number of ether oxygens (including phenoxy) is 1. The van der Waals surface area contributed by atoms with Gasteiger partial charge >= 0.3 is 6.09 Å². The molecule has 1 aliphatic heterocycles. The molecule has 10 nitrogen and oxygen atoms in total. The lowest BCUT2D eigenvalue weighted by atomic mass is 9.90. The molecular weight excluding hydrogens is 476 g/mol. The van der Waals surface area contributed by atoms with Crippen molar-refractivity contribution >= 4 is 28.8 Å². The van der Waals surface area contributed by atoms with E-state index in [2.05, 4.69) is 4.98 Å². The third-order valence-corrected chi connectivity index (χ3v) is 6.78. The largest absolute Gasteiger partial charge is 0.489 e. The van der Waals surface area contributed by atoms with Crippen LogP contribution in [0.1, 0.15) is 41.4 Å². The number of aromatic nitrogens is 1. The van der Waals surface area contributed by atoms with Crippen LogP contribution >= 0.6 is 0 Å². The van der Waals surface area contributed by atoms with E-state index in [-0.39, 0.29) is 38.4 Å². The van der Waals surface area contributed by atoms with E-state index in [1.165, 1.54) is 9.80 Å². The number of likely N-dealkylation sites (N-methyl/N-ethyl adjacent to an activating group) is 1. The summed E-state index contributed by atoms with van der Waals surface area (Å²) < 4.78 is 6.00. The van der Waals surface area contributed by atoms with E-state index in [1.807, 2.05) is 37.3 Å². The van der Waals surface area contributed by atoms with E-state index in [1.54, 1.807) is 36.7 Å². The van der Waals surface area contributed by atoms with Crippen molar-refractivity contribution < 1.29 is 29.4 Å². The van der Waals surface area contributed by atoms with Crippen LogP contribution in [-0.4, -0.2) is 68.2 Å². The van der Waals surface area contributed by atoms with Crippen molar-refractivity contribution in [3.05, 3.63) is 71.4 Å². The summed E-state index contributed by atoms with van der Waals surface area (Å²) in [7, 11) is 0. The SMILES string of the molecule is CCN(C(=O)c1ccc(OCc2cc(C)nc3ccccc23)cc1)C1(CC(=O)NO)CCN(C(=O)O)C1. The Morgan fingerprint density at radius 1 is 1.16 bits per heavy atom. The number of nitrogens with zero attached hydrogens (tertiary/aromatic N) is 3. The number of fused-ring (bicyclic) bond motifs is 1. The number of hydrogen-bond donors (Lipinski definition) is 3. The number of pyridine rings is 1. The van der Waals surface area contributed by atoms with E-state index in [0.29, 0.717) is 17.9 Å². The Kier molecular flexibility index (Phi) is 7.58. The van der Waals surface area contributed by atoms with Crippen LogP contribution in [0.25, 0.3) is 10.9 Å². The molecule has 0 bridgehead atoms. The number of aryl methyl sites for hydroxylation is 1. The fraction of sp³-hybridized carbons (Fsp3) is 0.333. The molecule has 3 aromatic rings. The number of carbonyl (C=O) groups excluding carboxylic acids is 2. The number of amides is 3. The quantitative estimate of drug-likeness (QED) is 0.314. The van der Waals surface area contributed by atoms with E-state index < -0.39 is 17.5 Å². The zero-order valence-electron chi connectivity index (χ0n) is 20.8. The van der Waals surface area contributed by atoms with Gasteiger partial charge in [0, 0.05) is 41.8 Å². The van der Waals surface area contributed by atoms with Gasteiger partial charge in [0.15, 0.2) is 0 Å². The molecule has 3 amide bonds. The number of benzene rings is 2. The monoisotopic (exact) mass is 506 g/mol. The summed E-state index contributed by atoms with van der Waals surface area (Å²) in [6.45, 7) is 4.48. The van der Waals surface area contributed by atoms with E-state index in [9.17, 15) is 19.5 Å². The minimum atomic E-state index is -1.12. The van der Waals surface area contributed by atoms with Crippen LogP contribution in [0.15, 0.2) is 54.6 Å². The lowest BCUT2D eigenvalue weighted by molar-refractivity contribution is -0.131. The molecule has 1 aromatic heterocycles. The number of hydroxylamine groups is 1. The molecular formula is C27H30N4O6. The fourth-order valence-electron chi connectivity index (χ4n) is 5.04. The predicted molar refractivity (Wildman–Crippen MR) is 135 cm³/mol. The topological polar surface area (TPSA) is 132 Å². The first-order valence-electron chi connectivity index (χ1n) is 12.1. The highest BCUT2D eigenvalue weighted by molar-refractivity contribution is 5.95. The van der Waals surface area contributed by atoms with Gasteiger partial charge in [0.1, 0.15) is 12.4 Å². The molecule has 3 N–H and O–H groups in total. The molecule has 0 radical (unpaired) electrons. The smallest absolute Gasteiger partial charge is 0.407 e. The average Bonchev–Trinajstić information content (AvgIpc) is 3.32. The molecule has 0 spiro atoms. The van der Waals surface area contributed by atoms with Gasteiger partial charge in [-0.3, -0.25) is 19.8 Å². The molecule has 0 aliphatic carbocycles. The zero-order chi connectivity index (χ0) is 26.6. The highest BCUT2D eigenvalue weighted by Gasteiger charge is 2.47. The number of carbonyl (C=O) groups is 3. The first kappa shape index (κ1) is 25.9. The van der Waals surface area contributed by atoms with Crippen molar-refractivity contribution in [3.63, 3.8) is 0 Å². The number of nitrogens with one attached hydrogen (secondary N) is 1. The average molecular weight is 507 g/mol. The van der Waals surface area contributed by atoms with Crippen molar-refractivity contribution in [2.75, 3.05) is 19.6 Å². The van der Waals surface area contributed by atoms with Crippen molar-refractivity contribution in [2.45, 2.75) is 38.8 Å². The number of rotatable bonds is 8. The van der Waals surface area contributed by atoms with Crippen LogP contribution in [0.4, 0.5) is 4.79 Å². The summed E-state index contributed by atoms with van der Waals surface area (Å²) in [5, 5.41) is 19.5. The Hall–Kier alpha value is -4.18. The summed E-state index contributed by atoms with van der Waals surface area (Å²) >= 11 is 0. The second-order valence-electron chi connectivity index (χ2n) is 9.19. The van der Waals surface area contributed by atoms with Crippen molar-refractivity contribution in [1.29, 1.82) is 0 Å². The molecule has 1 aliphatic rings. The second-order valence-corrected chi connectivity index (χ2v) is 9.19. The van der Waals surface area contributed by atoms with Crippen LogP contribution in [0, 0.1) is 6.92 Å². The normalized spacial score (nSPS) is 17.0. The third kappa shape index (κ3) is 5.49. The van der Waals surface area contributed by atoms with E-state index in [4.69, 9.17) is 9.94 Å². The van der Waals surface area contributed by atoms with Gasteiger partial charge in [-0.1, -0.05) is 18.2 Å². The summed E-state index contributed by atoms with van der Waals surface area (Å²) in [4.78, 5) is 44.4. The fourth-order valence-corrected chi connectivity index (χ4v) is 5.04. The van der Waals surface area contributed by atoms with Crippen LogP contribution in [0.3, 0.4) is 0 Å². The predicted octanol–water partition coefficient (Wildman–Crippen LogP) is 3.60. The molecule has 4 rings (SSSR count). The molecule has 0 saturated carbocycles. The first-order chi connectivity index (χ1) is 17.8. The number of carboxylic acid groups (broad SMARTS) is 1. The summed E-state index contributed by atoms with van der Waals surface area (Å²) in [5.41, 5.74) is 3.74. The van der Waals surface area contributed by atoms with Crippen LogP contribution in [0.5, 0.6) is 5.75 Å². The summed E-state index contributed by atoms with van der Waals surface area (Å²) in [6.07, 6.45) is -1.05. The van der Waals surface area contributed by atoms with Gasteiger partial charge < -0.3 is 19.6 Å². The van der Waals surface area contributed by atoms with Crippen molar-refractivity contribution in [2.24, 2.45) is 0 Å². The van der Waals surface area contributed by atoms with E-state index >= 15 is 0 Å². The lowest BCUT2D eigenvalue weighted by Crippen LogP contribution is -2.55. The highest BCUT2D eigenvalue weighted by atomic mass is 16.5. The van der Waals surface area contributed by atoms with Gasteiger partial charge in [-0.25, -0.2) is 10.3 Å². The van der Waals surface area contributed by atoms with Crippen LogP contribution in [-0.2, 0) is 11.4 Å². The molecule has 194 valence electrons. The van der Waals surface area contributed by atoms with Crippen LogP contribution < -0.4 is 10.2 Å². The maximum absolute atomic E-state index is 13.5. The Balaban J connectivity index is 1.51. The van der Waals surface area contributed by atoms with Gasteiger partial charge in [0.25, 0.3) is 5.91 Å². The maximum atomic E-state index is 13.5. The molecule has 1 fully saturated rings. The van der Waals surface area contributed by atoms with Crippen molar-refractivity contribution in [1.82, 2.24) is 20.3 Å². The lowest BCUT2D eigenvalue weighted by Gasteiger charge is -2.40. The molecule has 1 atom stereocenters. The van der Waals surface area contributed by atoms with Crippen molar-refractivity contribution in [3.8, 4) is 5.75 Å². The van der Waals surface area contributed by atoms with Gasteiger partial charge in [-0.2, -0.15) is 0 Å². The van der Waals surface area contributed by atoms with Gasteiger partial charge in [-0.15, -0.1) is 0 Å². The number of likely N-dealkylation sites (tertiary alicyclic amines) is 1.